The molecule has 2 aromatic rings. The molecule has 3 heteroatoms. The minimum atomic E-state index is 0.372. The zero-order valence-corrected chi connectivity index (χ0v) is 15.6. The minimum absolute atomic E-state index is 0.372. The smallest absolute Gasteiger partial charge is 0.119 e. The van der Waals surface area contributed by atoms with E-state index in [0.717, 1.165) is 25.1 Å². The Balaban J connectivity index is 2.33. The standard InChI is InChI=1S/C20H28NOP/c1-5-19(17-12-14(3)10-11-18(17)22)23-20-15(4)8-7-9-16(20)13-21-6-2/h7-12,19,21-23H,5-6,13H2,1-4H3. The third-order valence-electron chi connectivity index (χ3n) is 4.21. The van der Waals surface area contributed by atoms with Crippen molar-refractivity contribution in [3.05, 3.63) is 58.7 Å². The largest absolute Gasteiger partial charge is 0.508 e. The number of rotatable bonds is 7. The molecule has 2 nitrogen and oxygen atoms in total. The van der Waals surface area contributed by atoms with Gasteiger partial charge in [0.2, 0.25) is 0 Å². The SMILES string of the molecule is CCNCc1cccc(C)c1PC(CC)c1cc(C)ccc1O. The average molecular weight is 329 g/mol. The van der Waals surface area contributed by atoms with E-state index in [2.05, 4.69) is 57.3 Å². The first-order chi connectivity index (χ1) is 11.1. The summed E-state index contributed by atoms with van der Waals surface area (Å²) in [5.41, 5.74) is 5.40. The van der Waals surface area contributed by atoms with E-state index >= 15 is 0 Å². The van der Waals surface area contributed by atoms with Crippen molar-refractivity contribution in [2.24, 2.45) is 0 Å². The number of benzene rings is 2. The molecule has 2 N–H and O–H groups in total. The van der Waals surface area contributed by atoms with Gasteiger partial charge in [-0.2, -0.15) is 0 Å². The lowest BCUT2D eigenvalue weighted by Gasteiger charge is -2.21. The number of aromatic hydroxyl groups is 1. The summed E-state index contributed by atoms with van der Waals surface area (Å²) in [6.45, 7) is 10.5. The van der Waals surface area contributed by atoms with Gasteiger partial charge in [0.15, 0.2) is 0 Å². The Labute approximate surface area is 142 Å². The lowest BCUT2D eigenvalue weighted by atomic mass is 10.1. The Hall–Kier alpha value is -1.37. The molecule has 0 aromatic heterocycles. The van der Waals surface area contributed by atoms with E-state index in [-0.39, 0.29) is 0 Å². The highest BCUT2D eigenvalue weighted by Gasteiger charge is 2.17. The Morgan fingerprint density at radius 1 is 1.13 bits per heavy atom. The zero-order chi connectivity index (χ0) is 16.8. The summed E-state index contributed by atoms with van der Waals surface area (Å²) in [6.07, 6.45) is 1.03. The maximum Gasteiger partial charge on any atom is 0.119 e. The zero-order valence-electron chi connectivity index (χ0n) is 14.6. The molecule has 2 aromatic carbocycles. The van der Waals surface area contributed by atoms with Gasteiger partial charge >= 0.3 is 0 Å². The van der Waals surface area contributed by atoms with Gasteiger partial charge in [-0.15, -0.1) is 0 Å². The van der Waals surface area contributed by atoms with E-state index in [1.807, 2.05) is 12.1 Å². The molecule has 0 bridgehead atoms. The van der Waals surface area contributed by atoms with Crippen LogP contribution in [0.4, 0.5) is 0 Å². The lowest BCUT2D eigenvalue weighted by Crippen LogP contribution is -2.19. The highest BCUT2D eigenvalue weighted by Crippen LogP contribution is 2.42. The summed E-state index contributed by atoms with van der Waals surface area (Å²) in [7, 11) is 0.675. The van der Waals surface area contributed by atoms with Crippen LogP contribution in [-0.2, 0) is 6.54 Å². The van der Waals surface area contributed by atoms with E-state index in [9.17, 15) is 5.11 Å². The minimum Gasteiger partial charge on any atom is -0.508 e. The van der Waals surface area contributed by atoms with Gasteiger partial charge in [-0.25, -0.2) is 0 Å². The van der Waals surface area contributed by atoms with Crippen LogP contribution >= 0.6 is 8.58 Å². The van der Waals surface area contributed by atoms with Crippen LogP contribution in [0, 0.1) is 13.8 Å². The number of phenols is 1. The monoisotopic (exact) mass is 329 g/mol. The highest BCUT2D eigenvalue weighted by atomic mass is 31.1. The average Bonchev–Trinajstić information content (AvgIpc) is 2.54. The molecule has 2 unspecified atom stereocenters. The second kappa shape index (κ2) is 8.47. The van der Waals surface area contributed by atoms with Gasteiger partial charge < -0.3 is 10.4 Å². The molecular weight excluding hydrogens is 301 g/mol. The van der Waals surface area contributed by atoms with Crippen LogP contribution < -0.4 is 10.6 Å². The molecule has 0 fully saturated rings. The van der Waals surface area contributed by atoms with Crippen LogP contribution in [0.15, 0.2) is 36.4 Å². The van der Waals surface area contributed by atoms with E-state index in [0.29, 0.717) is 20.0 Å². The first-order valence-electron chi connectivity index (χ1n) is 8.42. The number of hydrogen-bond donors (Lipinski definition) is 2. The molecule has 0 aliphatic heterocycles. The first-order valence-corrected chi connectivity index (χ1v) is 9.49. The summed E-state index contributed by atoms with van der Waals surface area (Å²) >= 11 is 0. The van der Waals surface area contributed by atoms with Crippen LogP contribution in [-0.4, -0.2) is 11.7 Å². The molecule has 0 aliphatic carbocycles. The normalized spacial score (nSPS) is 12.9. The van der Waals surface area contributed by atoms with Crippen LogP contribution in [0.1, 0.15) is 48.2 Å². The molecule has 2 rings (SSSR count). The van der Waals surface area contributed by atoms with Crippen molar-refractivity contribution in [3.8, 4) is 5.75 Å². The second-order valence-corrected chi connectivity index (χ2v) is 7.54. The van der Waals surface area contributed by atoms with Gasteiger partial charge in [-0.05, 0) is 49.3 Å². The van der Waals surface area contributed by atoms with Crippen molar-refractivity contribution in [1.29, 1.82) is 0 Å². The van der Waals surface area contributed by atoms with E-state index in [1.54, 1.807) is 0 Å². The summed E-state index contributed by atoms with van der Waals surface area (Å²) in [5.74, 6) is 0.428. The van der Waals surface area contributed by atoms with Gasteiger partial charge in [-0.1, -0.05) is 58.3 Å². The molecule has 0 saturated heterocycles. The van der Waals surface area contributed by atoms with Gasteiger partial charge in [-0.3, -0.25) is 0 Å². The lowest BCUT2D eigenvalue weighted by molar-refractivity contribution is 0.467. The fourth-order valence-electron chi connectivity index (χ4n) is 2.87. The quantitative estimate of drug-likeness (QED) is 0.729. The third kappa shape index (κ3) is 4.56. The Morgan fingerprint density at radius 2 is 1.91 bits per heavy atom. The molecule has 23 heavy (non-hydrogen) atoms. The summed E-state index contributed by atoms with van der Waals surface area (Å²) in [5, 5.41) is 15.2. The van der Waals surface area contributed by atoms with Crippen LogP contribution in [0.5, 0.6) is 5.75 Å². The molecule has 0 saturated carbocycles. The first kappa shape index (κ1) is 18.0. The van der Waals surface area contributed by atoms with E-state index in [4.69, 9.17) is 0 Å². The maximum absolute atomic E-state index is 10.3. The van der Waals surface area contributed by atoms with E-state index in [1.165, 1.54) is 22.0 Å². The van der Waals surface area contributed by atoms with Crippen molar-refractivity contribution >= 4 is 13.9 Å². The fourth-order valence-corrected chi connectivity index (χ4v) is 4.48. The molecule has 0 heterocycles. The van der Waals surface area contributed by atoms with E-state index < -0.39 is 0 Å². The van der Waals surface area contributed by atoms with Crippen molar-refractivity contribution in [2.45, 2.75) is 46.3 Å². The summed E-state index contributed by atoms with van der Waals surface area (Å²) in [6, 6.07) is 12.5. The summed E-state index contributed by atoms with van der Waals surface area (Å²) < 4.78 is 0. The topological polar surface area (TPSA) is 32.3 Å². The molecule has 2 atom stereocenters. The van der Waals surface area contributed by atoms with Crippen molar-refractivity contribution in [3.63, 3.8) is 0 Å². The second-order valence-electron chi connectivity index (χ2n) is 6.06. The number of nitrogens with one attached hydrogen (secondary N) is 1. The van der Waals surface area contributed by atoms with Gasteiger partial charge in [0.05, 0.1) is 0 Å². The molecule has 0 spiro atoms. The predicted octanol–water partition coefficient (Wildman–Crippen LogP) is 4.57. The molecule has 0 radical (unpaired) electrons. The molecule has 0 amide bonds. The third-order valence-corrected chi connectivity index (χ3v) is 6.28. The Kier molecular flexibility index (Phi) is 6.62. The number of phenolic OH excluding ortho intramolecular Hbond substituents is 1. The molecule has 124 valence electrons. The van der Waals surface area contributed by atoms with Crippen molar-refractivity contribution in [1.82, 2.24) is 5.32 Å². The van der Waals surface area contributed by atoms with Gasteiger partial charge in [0, 0.05) is 17.8 Å². The summed E-state index contributed by atoms with van der Waals surface area (Å²) in [4.78, 5) is 0. The maximum atomic E-state index is 10.3. The fraction of sp³-hybridized carbons (Fsp3) is 0.400. The molecule has 0 aliphatic rings. The van der Waals surface area contributed by atoms with Crippen molar-refractivity contribution in [2.75, 3.05) is 6.54 Å². The van der Waals surface area contributed by atoms with Crippen molar-refractivity contribution < 1.29 is 5.11 Å². The Bertz CT molecular complexity index is 654. The van der Waals surface area contributed by atoms with Gasteiger partial charge in [0.25, 0.3) is 0 Å². The Morgan fingerprint density at radius 3 is 2.61 bits per heavy atom. The number of hydrogen-bond acceptors (Lipinski definition) is 2. The van der Waals surface area contributed by atoms with Crippen LogP contribution in [0.3, 0.4) is 0 Å². The van der Waals surface area contributed by atoms with Crippen LogP contribution in [0.2, 0.25) is 0 Å². The molecular formula is C20H28NOP. The predicted molar refractivity (Wildman–Crippen MR) is 102 cm³/mol. The number of aryl methyl sites for hydroxylation is 2. The highest BCUT2D eigenvalue weighted by molar-refractivity contribution is 7.47. The van der Waals surface area contributed by atoms with Gasteiger partial charge in [0.1, 0.15) is 5.75 Å². The van der Waals surface area contributed by atoms with Crippen LogP contribution in [0.25, 0.3) is 0 Å².